The van der Waals surface area contributed by atoms with Crippen molar-refractivity contribution in [2.45, 2.75) is 64.9 Å². The maximum atomic E-state index is 13.3. The van der Waals surface area contributed by atoms with Crippen LogP contribution < -0.4 is 0 Å². The minimum Gasteiger partial charge on any atom is -0.509 e. The van der Waals surface area contributed by atoms with Gasteiger partial charge >= 0.3 is 0 Å². The van der Waals surface area contributed by atoms with E-state index in [0.717, 1.165) is 19.3 Å². The molecular formula is C21H28O5. The van der Waals surface area contributed by atoms with Crippen molar-refractivity contribution in [3.63, 3.8) is 0 Å². The molecule has 26 heavy (non-hydrogen) atoms. The number of Topliss-reactive ketones (excluding diaryl/α,β-unsaturated/α-hetero) is 3. The summed E-state index contributed by atoms with van der Waals surface area (Å²) in [5, 5.41) is 21.5. The molecule has 0 aromatic carbocycles. The van der Waals surface area contributed by atoms with Crippen molar-refractivity contribution in [2.75, 3.05) is 0 Å². The van der Waals surface area contributed by atoms with Crippen molar-refractivity contribution < 1.29 is 24.6 Å². The van der Waals surface area contributed by atoms with Crippen LogP contribution in [0.1, 0.15) is 59.3 Å². The second-order valence-corrected chi connectivity index (χ2v) is 9.57. The van der Waals surface area contributed by atoms with Crippen molar-refractivity contribution in [2.24, 2.45) is 34.5 Å². The summed E-state index contributed by atoms with van der Waals surface area (Å²) in [7, 11) is 0. The lowest BCUT2D eigenvalue weighted by molar-refractivity contribution is -0.176. The fourth-order valence-electron chi connectivity index (χ4n) is 7.01. The van der Waals surface area contributed by atoms with E-state index in [2.05, 4.69) is 6.92 Å². The monoisotopic (exact) mass is 360 g/mol. The number of hydrogen-bond donors (Lipinski definition) is 2. The molecule has 5 heteroatoms. The van der Waals surface area contributed by atoms with Crippen molar-refractivity contribution in [3.05, 3.63) is 11.8 Å². The quantitative estimate of drug-likeness (QED) is 0.750. The molecule has 0 aliphatic heterocycles. The van der Waals surface area contributed by atoms with E-state index in [1.165, 1.54) is 6.92 Å². The van der Waals surface area contributed by atoms with E-state index in [9.17, 15) is 24.6 Å². The molecule has 0 aromatic heterocycles. The lowest BCUT2D eigenvalue weighted by Gasteiger charge is -2.59. The minimum atomic E-state index is -1.97. The van der Waals surface area contributed by atoms with Crippen LogP contribution in [-0.4, -0.2) is 33.2 Å². The van der Waals surface area contributed by atoms with E-state index in [4.69, 9.17) is 0 Å². The third-order valence-electron chi connectivity index (χ3n) is 8.47. The highest BCUT2D eigenvalue weighted by Crippen LogP contribution is 2.66. The number of aliphatic hydroxyl groups excluding tert-OH is 1. The van der Waals surface area contributed by atoms with Gasteiger partial charge in [0.2, 0.25) is 0 Å². The highest BCUT2D eigenvalue weighted by atomic mass is 16.3. The second kappa shape index (κ2) is 5.28. The lowest BCUT2D eigenvalue weighted by Crippen LogP contribution is -2.62. The summed E-state index contributed by atoms with van der Waals surface area (Å²) in [5.74, 6) is -0.542. The predicted molar refractivity (Wildman–Crippen MR) is 94.2 cm³/mol. The summed E-state index contributed by atoms with van der Waals surface area (Å²) in [4.78, 5) is 37.5. The van der Waals surface area contributed by atoms with E-state index in [1.807, 2.05) is 0 Å². The molecule has 7 atom stereocenters. The highest BCUT2D eigenvalue weighted by Gasteiger charge is 2.69. The van der Waals surface area contributed by atoms with E-state index < -0.39 is 16.8 Å². The molecule has 4 rings (SSSR count). The van der Waals surface area contributed by atoms with Crippen LogP contribution in [0.15, 0.2) is 11.8 Å². The van der Waals surface area contributed by atoms with Gasteiger partial charge < -0.3 is 10.2 Å². The zero-order valence-electron chi connectivity index (χ0n) is 15.7. The Bertz CT molecular complexity index is 739. The molecule has 0 heterocycles. The Morgan fingerprint density at radius 2 is 1.92 bits per heavy atom. The largest absolute Gasteiger partial charge is 0.509 e. The second-order valence-electron chi connectivity index (χ2n) is 9.57. The Morgan fingerprint density at radius 3 is 2.58 bits per heavy atom. The first-order chi connectivity index (χ1) is 12.1. The van der Waals surface area contributed by atoms with Gasteiger partial charge in [-0.2, -0.15) is 0 Å². The Labute approximate surface area is 153 Å². The number of hydrogen-bond acceptors (Lipinski definition) is 5. The van der Waals surface area contributed by atoms with Gasteiger partial charge in [0, 0.05) is 30.6 Å². The summed E-state index contributed by atoms with van der Waals surface area (Å²) < 4.78 is 0. The normalized spacial score (nSPS) is 50.5. The summed E-state index contributed by atoms with van der Waals surface area (Å²) in [5.41, 5.74) is -3.16. The third-order valence-corrected chi connectivity index (χ3v) is 8.47. The van der Waals surface area contributed by atoms with Gasteiger partial charge in [-0.05, 0) is 55.4 Å². The number of rotatable bonds is 1. The summed E-state index contributed by atoms with van der Waals surface area (Å²) in [6, 6.07) is 0. The Morgan fingerprint density at radius 1 is 1.23 bits per heavy atom. The molecule has 2 N–H and O–H groups in total. The number of carbonyl (C=O) groups is 3. The molecular weight excluding hydrogens is 332 g/mol. The molecule has 0 bridgehead atoms. The van der Waals surface area contributed by atoms with Crippen molar-refractivity contribution in [1.29, 1.82) is 0 Å². The number of allylic oxidation sites excluding steroid dienone is 1. The third kappa shape index (κ3) is 1.93. The standard InChI is InChI=1S/C21H28O5/c1-11(22)21(26)17(25)9-15-14-5-4-12-8-13(23)6-7-19(12,2)18(14)16(24)10-20(15,21)3/h9,12,14-15,18,25-26H,4-8,10H2,1-3H3/t12?,14-,15-,18+,19-,20-,21+/m0/s1. The van der Waals surface area contributed by atoms with Crippen LogP contribution in [-0.2, 0) is 14.4 Å². The van der Waals surface area contributed by atoms with Gasteiger partial charge in [-0.15, -0.1) is 0 Å². The molecule has 3 saturated carbocycles. The van der Waals surface area contributed by atoms with Crippen LogP contribution in [0.3, 0.4) is 0 Å². The number of fused-ring (bicyclic) bond motifs is 5. The summed E-state index contributed by atoms with van der Waals surface area (Å²) in [6.45, 7) is 5.20. The number of ketones is 3. The van der Waals surface area contributed by atoms with Crippen LogP contribution in [0.4, 0.5) is 0 Å². The first-order valence-electron chi connectivity index (χ1n) is 9.75. The molecule has 142 valence electrons. The van der Waals surface area contributed by atoms with Crippen LogP contribution in [0.5, 0.6) is 0 Å². The molecule has 5 nitrogen and oxygen atoms in total. The van der Waals surface area contributed by atoms with Crippen LogP contribution >= 0.6 is 0 Å². The van der Waals surface area contributed by atoms with Gasteiger partial charge in [0.1, 0.15) is 17.3 Å². The highest BCUT2D eigenvalue weighted by molar-refractivity contribution is 5.93. The Balaban J connectivity index is 1.77. The van der Waals surface area contributed by atoms with Gasteiger partial charge in [-0.1, -0.05) is 13.8 Å². The molecule has 0 spiro atoms. The fourth-order valence-corrected chi connectivity index (χ4v) is 7.01. The first kappa shape index (κ1) is 17.9. The van der Waals surface area contributed by atoms with Gasteiger partial charge in [0.05, 0.1) is 0 Å². The number of carbonyl (C=O) groups excluding carboxylic acids is 3. The zero-order valence-corrected chi connectivity index (χ0v) is 15.7. The fraction of sp³-hybridized carbons (Fsp3) is 0.762. The van der Waals surface area contributed by atoms with Gasteiger partial charge in [0.25, 0.3) is 0 Å². The van der Waals surface area contributed by atoms with E-state index in [1.54, 1.807) is 13.0 Å². The Kier molecular flexibility index (Phi) is 3.63. The van der Waals surface area contributed by atoms with Gasteiger partial charge in [0.15, 0.2) is 11.4 Å². The molecule has 4 aliphatic carbocycles. The molecule has 1 unspecified atom stereocenters. The first-order valence-corrected chi connectivity index (χ1v) is 9.75. The lowest BCUT2D eigenvalue weighted by atomic mass is 9.43. The van der Waals surface area contributed by atoms with Crippen molar-refractivity contribution >= 4 is 17.3 Å². The van der Waals surface area contributed by atoms with Crippen LogP contribution in [0, 0.1) is 34.5 Å². The number of aliphatic hydroxyl groups is 2. The van der Waals surface area contributed by atoms with Gasteiger partial charge in [-0.3, -0.25) is 14.4 Å². The van der Waals surface area contributed by atoms with Gasteiger partial charge in [-0.25, -0.2) is 0 Å². The maximum Gasteiger partial charge on any atom is 0.185 e. The summed E-state index contributed by atoms with van der Waals surface area (Å²) >= 11 is 0. The van der Waals surface area contributed by atoms with Crippen LogP contribution in [0.25, 0.3) is 0 Å². The zero-order chi connectivity index (χ0) is 19.1. The molecule has 0 aromatic rings. The van der Waals surface area contributed by atoms with E-state index >= 15 is 0 Å². The van der Waals surface area contributed by atoms with Crippen molar-refractivity contribution in [1.82, 2.24) is 0 Å². The molecule has 0 amide bonds. The van der Waals surface area contributed by atoms with Crippen molar-refractivity contribution in [3.8, 4) is 0 Å². The molecule has 0 radical (unpaired) electrons. The summed E-state index contributed by atoms with van der Waals surface area (Å²) in [6.07, 6.45) is 5.24. The predicted octanol–water partition coefficient (Wildman–Crippen LogP) is 2.76. The molecule has 4 aliphatic rings. The maximum absolute atomic E-state index is 13.3. The molecule has 0 saturated heterocycles. The average molecular weight is 360 g/mol. The van der Waals surface area contributed by atoms with E-state index in [-0.39, 0.29) is 47.0 Å². The SMILES string of the molecule is CC(=O)[C@@]1(O)C(O)=C[C@H]2[C@@H]3CCC4CC(=O)CC[C@]4(C)[C@H]3C(=O)C[C@@]21C. The average Bonchev–Trinajstić information content (AvgIpc) is 2.76. The molecule has 3 fully saturated rings. The Hall–Kier alpha value is -1.49. The van der Waals surface area contributed by atoms with Crippen LogP contribution in [0.2, 0.25) is 0 Å². The minimum absolute atomic E-state index is 0.00577. The topological polar surface area (TPSA) is 91.7 Å². The van der Waals surface area contributed by atoms with E-state index in [0.29, 0.717) is 18.6 Å². The smallest absolute Gasteiger partial charge is 0.185 e.